The molecule has 0 unspecified atom stereocenters. The van der Waals surface area contributed by atoms with Gasteiger partial charge in [-0.15, -0.1) is 0 Å². The summed E-state index contributed by atoms with van der Waals surface area (Å²) in [6.07, 6.45) is -2.87. The molecule has 4 nitrogen and oxygen atoms in total. The van der Waals surface area contributed by atoms with Crippen molar-refractivity contribution in [1.29, 1.82) is 0 Å². The lowest BCUT2D eigenvalue weighted by Crippen LogP contribution is -2.17. The lowest BCUT2D eigenvalue weighted by molar-refractivity contribution is -0.137. The van der Waals surface area contributed by atoms with E-state index in [0.29, 0.717) is 5.82 Å². The number of alkyl halides is 3. The van der Waals surface area contributed by atoms with E-state index in [1.165, 1.54) is 0 Å². The predicted octanol–water partition coefficient (Wildman–Crippen LogP) is 3.74. The molecule has 1 N–H and O–H groups in total. The highest BCUT2D eigenvalue weighted by Crippen LogP contribution is 2.29. The Kier molecular flexibility index (Phi) is 4.02. The maximum absolute atomic E-state index is 12.5. The molecule has 0 atom stereocenters. The number of carbonyl (C=O) groups is 1. The van der Waals surface area contributed by atoms with Gasteiger partial charge in [-0.1, -0.05) is 0 Å². The fourth-order valence-electron chi connectivity index (χ4n) is 1.82. The van der Waals surface area contributed by atoms with E-state index in [4.69, 9.17) is 0 Å². The number of hydrogen-bond acceptors (Lipinski definition) is 2. The van der Waals surface area contributed by atoms with Gasteiger partial charge in [0.05, 0.1) is 11.8 Å². The van der Waals surface area contributed by atoms with Crippen molar-refractivity contribution in [3.8, 4) is 0 Å². The average Bonchev–Trinajstić information content (AvgIpc) is 2.86. The third-order valence-electron chi connectivity index (χ3n) is 2.88. The van der Waals surface area contributed by atoms with Crippen LogP contribution in [0.25, 0.3) is 0 Å². The Hall–Kier alpha value is -2.31. The first-order valence-electron chi connectivity index (χ1n) is 6.31. The normalized spacial score (nSPS) is 11.7. The van der Waals surface area contributed by atoms with Gasteiger partial charge in [0.25, 0.3) is 5.91 Å². The van der Waals surface area contributed by atoms with Gasteiger partial charge in [-0.2, -0.15) is 18.3 Å². The van der Waals surface area contributed by atoms with Crippen LogP contribution < -0.4 is 5.32 Å². The monoisotopic (exact) mass is 297 g/mol. The molecule has 0 bridgehead atoms. The van der Waals surface area contributed by atoms with Crippen LogP contribution in [0.5, 0.6) is 0 Å². The van der Waals surface area contributed by atoms with Gasteiger partial charge in [0.1, 0.15) is 5.82 Å². The standard InChI is InChI=1S/C14H14F3N3O/c1-9(2)20-12(7-8-18-20)19-13(21)10-3-5-11(6-4-10)14(15,16)17/h3-9H,1-2H3,(H,19,21). The number of rotatable bonds is 3. The molecular formula is C14H14F3N3O. The Morgan fingerprint density at radius 1 is 1.19 bits per heavy atom. The van der Waals surface area contributed by atoms with Gasteiger partial charge in [-0.25, -0.2) is 4.68 Å². The van der Waals surface area contributed by atoms with Crippen molar-refractivity contribution in [3.63, 3.8) is 0 Å². The summed E-state index contributed by atoms with van der Waals surface area (Å²) in [4.78, 5) is 12.0. The van der Waals surface area contributed by atoms with Crippen LogP contribution in [0.2, 0.25) is 0 Å². The Balaban J connectivity index is 2.15. The number of nitrogens with one attached hydrogen (secondary N) is 1. The lowest BCUT2D eigenvalue weighted by atomic mass is 10.1. The Labute approximate surface area is 119 Å². The molecule has 0 radical (unpaired) electrons. The largest absolute Gasteiger partial charge is 0.416 e. The van der Waals surface area contributed by atoms with Crippen LogP contribution in [0, 0.1) is 0 Å². The summed E-state index contributed by atoms with van der Waals surface area (Å²) in [6.45, 7) is 3.81. The molecule has 2 rings (SSSR count). The molecule has 112 valence electrons. The summed E-state index contributed by atoms with van der Waals surface area (Å²) in [5.41, 5.74) is -0.634. The lowest BCUT2D eigenvalue weighted by Gasteiger charge is -2.12. The fourth-order valence-corrected chi connectivity index (χ4v) is 1.82. The van der Waals surface area contributed by atoms with E-state index in [1.54, 1.807) is 16.9 Å². The fraction of sp³-hybridized carbons (Fsp3) is 0.286. The van der Waals surface area contributed by atoms with Gasteiger partial charge in [-0.3, -0.25) is 4.79 Å². The Morgan fingerprint density at radius 3 is 2.33 bits per heavy atom. The quantitative estimate of drug-likeness (QED) is 0.938. The third-order valence-corrected chi connectivity index (χ3v) is 2.88. The molecule has 0 spiro atoms. The van der Waals surface area contributed by atoms with E-state index < -0.39 is 17.6 Å². The minimum Gasteiger partial charge on any atom is -0.307 e. The molecule has 0 saturated heterocycles. The zero-order chi connectivity index (χ0) is 15.6. The molecule has 0 fully saturated rings. The maximum atomic E-state index is 12.5. The van der Waals surface area contributed by atoms with Gasteiger partial charge in [0, 0.05) is 17.7 Å². The second kappa shape index (κ2) is 5.59. The first-order chi connectivity index (χ1) is 9.79. The maximum Gasteiger partial charge on any atom is 0.416 e. The molecule has 0 aliphatic heterocycles. The zero-order valence-electron chi connectivity index (χ0n) is 11.5. The van der Waals surface area contributed by atoms with Crippen LogP contribution in [0.4, 0.5) is 19.0 Å². The SMILES string of the molecule is CC(C)n1nccc1NC(=O)c1ccc(C(F)(F)F)cc1. The van der Waals surface area contributed by atoms with Gasteiger partial charge >= 0.3 is 6.18 Å². The van der Waals surface area contributed by atoms with Gasteiger partial charge in [0.15, 0.2) is 0 Å². The summed E-state index contributed by atoms with van der Waals surface area (Å²) in [6, 6.07) is 5.75. The van der Waals surface area contributed by atoms with Crippen LogP contribution >= 0.6 is 0 Å². The highest BCUT2D eigenvalue weighted by atomic mass is 19.4. The van der Waals surface area contributed by atoms with Crippen molar-refractivity contribution in [3.05, 3.63) is 47.7 Å². The number of amides is 1. The molecule has 0 saturated carbocycles. The van der Waals surface area contributed by atoms with E-state index in [9.17, 15) is 18.0 Å². The van der Waals surface area contributed by atoms with Gasteiger partial charge in [-0.05, 0) is 38.1 Å². The smallest absolute Gasteiger partial charge is 0.307 e. The zero-order valence-corrected chi connectivity index (χ0v) is 11.5. The molecule has 21 heavy (non-hydrogen) atoms. The molecular weight excluding hydrogens is 283 g/mol. The highest BCUT2D eigenvalue weighted by molar-refractivity contribution is 6.03. The first-order valence-corrected chi connectivity index (χ1v) is 6.31. The van der Waals surface area contributed by atoms with Crippen molar-refractivity contribution in [2.45, 2.75) is 26.1 Å². The topological polar surface area (TPSA) is 46.9 Å². The molecule has 1 heterocycles. The summed E-state index contributed by atoms with van der Waals surface area (Å²) >= 11 is 0. The van der Waals surface area contributed by atoms with Gasteiger partial charge < -0.3 is 5.32 Å². The second-order valence-corrected chi connectivity index (χ2v) is 4.78. The predicted molar refractivity (Wildman–Crippen MR) is 72.0 cm³/mol. The molecule has 1 aromatic heterocycles. The number of hydrogen-bond donors (Lipinski definition) is 1. The van der Waals surface area contributed by atoms with Crippen LogP contribution in [0.15, 0.2) is 36.5 Å². The van der Waals surface area contributed by atoms with Crippen LogP contribution in [-0.2, 0) is 6.18 Å². The van der Waals surface area contributed by atoms with Crippen LogP contribution in [0.3, 0.4) is 0 Å². The van der Waals surface area contributed by atoms with E-state index in [1.807, 2.05) is 13.8 Å². The minimum absolute atomic E-state index is 0.0582. The summed E-state index contributed by atoms with van der Waals surface area (Å²) in [7, 11) is 0. The van der Waals surface area contributed by atoms with E-state index >= 15 is 0 Å². The van der Waals surface area contributed by atoms with Crippen molar-refractivity contribution >= 4 is 11.7 Å². The number of carbonyl (C=O) groups excluding carboxylic acids is 1. The number of aromatic nitrogens is 2. The Bertz CT molecular complexity index is 630. The number of anilines is 1. The first kappa shape index (κ1) is 15.1. The van der Waals surface area contributed by atoms with Crippen molar-refractivity contribution in [2.75, 3.05) is 5.32 Å². The number of halogens is 3. The van der Waals surface area contributed by atoms with Crippen molar-refractivity contribution in [2.24, 2.45) is 0 Å². The van der Waals surface area contributed by atoms with E-state index in [-0.39, 0.29) is 11.6 Å². The van der Waals surface area contributed by atoms with Crippen LogP contribution in [0.1, 0.15) is 35.8 Å². The molecule has 1 aromatic carbocycles. The van der Waals surface area contributed by atoms with Crippen molar-refractivity contribution in [1.82, 2.24) is 9.78 Å². The second-order valence-electron chi connectivity index (χ2n) is 4.78. The molecule has 0 aliphatic rings. The van der Waals surface area contributed by atoms with Crippen LogP contribution in [-0.4, -0.2) is 15.7 Å². The number of nitrogens with zero attached hydrogens (tertiary/aromatic N) is 2. The van der Waals surface area contributed by atoms with Gasteiger partial charge in [0.2, 0.25) is 0 Å². The molecule has 2 aromatic rings. The Morgan fingerprint density at radius 2 is 1.81 bits per heavy atom. The van der Waals surface area contributed by atoms with E-state index in [2.05, 4.69) is 10.4 Å². The highest BCUT2D eigenvalue weighted by Gasteiger charge is 2.30. The van der Waals surface area contributed by atoms with Crippen molar-refractivity contribution < 1.29 is 18.0 Å². The molecule has 0 aliphatic carbocycles. The average molecular weight is 297 g/mol. The molecule has 7 heteroatoms. The minimum atomic E-state index is -4.41. The summed E-state index contributed by atoms with van der Waals surface area (Å²) in [5, 5.41) is 6.69. The summed E-state index contributed by atoms with van der Waals surface area (Å²) < 4.78 is 39.0. The molecule has 1 amide bonds. The van der Waals surface area contributed by atoms with E-state index in [0.717, 1.165) is 24.3 Å². The number of benzene rings is 1. The summed E-state index contributed by atoms with van der Waals surface area (Å²) in [5.74, 6) is 0.0148. The third kappa shape index (κ3) is 3.42.